The van der Waals surface area contributed by atoms with E-state index in [1.807, 2.05) is 19.1 Å². The number of likely N-dealkylation sites (tertiary alicyclic amines) is 1. The third kappa shape index (κ3) is 2.34. The molecule has 6 heteroatoms. The molecule has 2 aromatic heterocycles. The van der Waals surface area contributed by atoms with Gasteiger partial charge in [0.05, 0.1) is 17.9 Å². The minimum Gasteiger partial charge on any atom is -0.481 e. The summed E-state index contributed by atoms with van der Waals surface area (Å²) in [6.07, 6.45) is 2.26. The van der Waals surface area contributed by atoms with Crippen LogP contribution in [0.25, 0.3) is 11.5 Å². The highest BCUT2D eigenvalue weighted by molar-refractivity contribution is 5.71. The van der Waals surface area contributed by atoms with Gasteiger partial charge >= 0.3 is 5.97 Å². The highest BCUT2D eigenvalue weighted by Gasteiger charge is 2.35. The summed E-state index contributed by atoms with van der Waals surface area (Å²) in [6, 6.07) is 5.44. The topological polar surface area (TPSA) is 79.7 Å². The Labute approximate surface area is 116 Å². The molecule has 20 heavy (non-hydrogen) atoms. The maximum Gasteiger partial charge on any atom is 0.308 e. The number of nitrogens with zero attached hydrogens (tertiary/aromatic N) is 2. The van der Waals surface area contributed by atoms with E-state index in [1.165, 1.54) is 0 Å². The number of aliphatic carboxylic acids is 1. The van der Waals surface area contributed by atoms with Gasteiger partial charge < -0.3 is 14.0 Å². The fourth-order valence-electron chi connectivity index (χ4n) is 2.69. The van der Waals surface area contributed by atoms with Gasteiger partial charge in [-0.05, 0) is 32.0 Å². The number of hydrogen-bond donors (Lipinski definition) is 1. The summed E-state index contributed by atoms with van der Waals surface area (Å²) in [5.41, 5.74) is 0.786. The van der Waals surface area contributed by atoms with Crippen LogP contribution < -0.4 is 0 Å². The van der Waals surface area contributed by atoms with Gasteiger partial charge in [-0.15, -0.1) is 0 Å². The van der Waals surface area contributed by atoms with Gasteiger partial charge in [-0.1, -0.05) is 5.16 Å². The summed E-state index contributed by atoms with van der Waals surface area (Å²) < 4.78 is 10.5. The zero-order valence-corrected chi connectivity index (χ0v) is 11.2. The number of rotatable bonds is 4. The Morgan fingerprint density at radius 1 is 1.55 bits per heavy atom. The van der Waals surface area contributed by atoms with Crippen LogP contribution in [-0.4, -0.2) is 33.7 Å². The Bertz CT molecular complexity index is 590. The maximum absolute atomic E-state index is 11.1. The lowest BCUT2D eigenvalue weighted by atomic mass is 10.0. The van der Waals surface area contributed by atoms with Crippen molar-refractivity contribution < 1.29 is 18.8 Å². The molecule has 1 aliphatic rings. The monoisotopic (exact) mass is 276 g/mol. The molecule has 1 N–H and O–H groups in total. The molecule has 2 aromatic rings. The van der Waals surface area contributed by atoms with Crippen molar-refractivity contribution >= 4 is 5.97 Å². The number of carboxylic acid groups (broad SMARTS) is 1. The molecule has 1 saturated heterocycles. The van der Waals surface area contributed by atoms with Crippen LogP contribution in [0.4, 0.5) is 0 Å². The van der Waals surface area contributed by atoms with E-state index in [0.717, 1.165) is 12.2 Å². The predicted octanol–water partition coefficient (Wildman–Crippen LogP) is 2.23. The Morgan fingerprint density at radius 2 is 2.40 bits per heavy atom. The minimum atomic E-state index is -0.726. The number of aromatic nitrogens is 1. The molecule has 0 bridgehead atoms. The molecule has 0 spiro atoms. The van der Waals surface area contributed by atoms with E-state index in [-0.39, 0.29) is 12.0 Å². The van der Waals surface area contributed by atoms with Crippen molar-refractivity contribution in [2.45, 2.75) is 25.9 Å². The van der Waals surface area contributed by atoms with E-state index in [9.17, 15) is 4.79 Å². The van der Waals surface area contributed by atoms with Gasteiger partial charge in [-0.25, -0.2) is 0 Å². The van der Waals surface area contributed by atoms with Crippen LogP contribution in [0.1, 0.15) is 19.0 Å². The third-order valence-electron chi connectivity index (χ3n) is 3.89. The van der Waals surface area contributed by atoms with Crippen LogP contribution >= 0.6 is 0 Å². The summed E-state index contributed by atoms with van der Waals surface area (Å²) in [5.74, 6) is 0.205. The van der Waals surface area contributed by atoms with Crippen molar-refractivity contribution in [1.82, 2.24) is 10.1 Å². The maximum atomic E-state index is 11.1. The fraction of sp³-hybridized carbons (Fsp3) is 0.429. The van der Waals surface area contributed by atoms with Gasteiger partial charge in [-0.3, -0.25) is 9.69 Å². The van der Waals surface area contributed by atoms with Crippen molar-refractivity contribution in [3.8, 4) is 11.5 Å². The second kappa shape index (κ2) is 5.13. The van der Waals surface area contributed by atoms with Crippen molar-refractivity contribution in [2.75, 3.05) is 6.54 Å². The van der Waals surface area contributed by atoms with Crippen LogP contribution in [0.15, 0.2) is 33.4 Å². The van der Waals surface area contributed by atoms with Gasteiger partial charge in [0.15, 0.2) is 5.76 Å². The zero-order valence-electron chi connectivity index (χ0n) is 11.2. The first kappa shape index (κ1) is 12.9. The second-order valence-corrected chi connectivity index (χ2v) is 5.10. The smallest absolute Gasteiger partial charge is 0.308 e. The van der Waals surface area contributed by atoms with Crippen LogP contribution in [0.2, 0.25) is 0 Å². The fourth-order valence-corrected chi connectivity index (χ4v) is 2.69. The summed E-state index contributed by atoms with van der Waals surface area (Å²) in [7, 11) is 0. The van der Waals surface area contributed by atoms with Gasteiger partial charge in [0.25, 0.3) is 0 Å². The van der Waals surface area contributed by atoms with E-state index in [1.54, 1.807) is 12.3 Å². The van der Waals surface area contributed by atoms with Crippen molar-refractivity contribution in [3.05, 3.63) is 30.2 Å². The first-order chi connectivity index (χ1) is 9.65. The lowest BCUT2D eigenvalue weighted by Gasteiger charge is -2.21. The van der Waals surface area contributed by atoms with E-state index in [0.29, 0.717) is 24.5 Å². The standard InChI is InChI=1S/C14H16N2O4/c1-9-11(14(17)18)4-5-16(9)8-10-7-13(20-15-10)12-3-2-6-19-12/h2-3,6-7,9,11H,4-5,8H2,1H3,(H,17,18). The Kier molecular flexibility index (Phi) is 3.31. The largest absolute Gasteiger partial charge is 0.481 e. The Morgan fingerprint density at radius 3 is 3.05 bits per heavy atom. The molecular formula is C14H16N2O4. The summed E-state index contributed by atoms with van der Waals surface area (Å²) in [4.78, 5) is 13.2. The Balaban J connectivity index is 1.69. The molecule has 2 unspecified atom stereocenters. The molecule has 6 nitrogen and oxygen atoms in total. The van der Waals surface area contributed by atoms with Gasteiger partial charge in [0, 0.05) is 18.7 Å². The minimum absolute atomic E-state index is 0.0104. The van der Waals surface area contributed by atoms with Crippen LogP contribution in [-0.2, 0) is 11.3 Å². The highest BCUT2D eigenvalue weighted by atomic mass is 16.5. The average molecular weight is 276 g/mol. The number of furan rings is 1. The molecule has 0 amide bonds. The lowest BCUT2D eigenvalue weighted by molar-refractivity contribution is -0.142. The van der Waals surface area contributed by atoms with Gasteiger partial charge in [0.1, 0.15) is 0 Å². The summed E-state index contributed by atoms with van der Waals surface area (Å²) in [6.45, 7) is 3.30. The number of carbonyl (C=O) groups is 1. The molecule has 0 aliphatic carbocycles. The Hall–Kier alpha value is -2.08. The average Bonchev–Trinajstić information content (AvgIpc) is 3.12. The SMILES string of the molecule is CC1C(C(=O)O)CCN1Cc1cc(-c2ccco2)on1. The van der Waals surface area contributed by atoms with Gasteiger partial charge in [-0.2, -0.15) is 0 Å². The molecule has 3 heterocycles. The summed E-state index contributed by atoms with van der Waals surface area (Å²) >= 11 is 0. The van der Waals surface area contributed by atoms with E-state index >= 15 is 0 Å². The molecule has 1 fully saturated rings. The summed E-state index contributed by atoms with van der Waals surface area (Å²) in [5, 5.41) is 13.1. The molecule has 3 rings (SSSR count). The molecule has 0 saturated carbocycles. The first-order valence-electron chi connectivity index (χ1n) is 6.61. The molecule has 106 valence electrons. The van der Waals surface area contributed by atoms with Crippen molar-refractivity contribution in [3.63, 3.8) is 0 Å². The molecule has 2 atom stereocenters. The quantitative estimate of drug-likeness (QED) is 0.922. The van der Waals surface area contributed by atoms with Crippen molar-refractivity contribution in [1.29, 1.82) is 0 Å². The first-order valence-corrected chi connectivity index (χ1v) is 6.61. The number of hydrogen-bond acceptors (Lipinski definition) is 5. The second-order valence-electron chi connectivity index (χ2n) is 5.10. The zero-order chi connectivity index (χ0) is 14.1. The molecule has 1 aliphatic heterocycles. The molecule has 0 radical (unpaired) electrons. The normalized spacial score (nSPS) is 23.2. The van der Waals surface area contributed by atoms with Crippen LogP contribution in [0.3, 0.4) is 0 Å². The van der Waals surface area contributed by atoms with E-state index < -0.39 is 5.97 Å². The highest BCUT2D eigenvalue weighted by Crippen LogP contribution is 2.27. The van der Waals surface area contributed by atoms with Gasteiger partial charge in [0.2, 0.25) is 5.76 Å². The van der Waals surface area contributed by atoms with Crippen LogP contribution in [0.5, 0.6) is 0 Å². The van der Waals surface area contributed by atoms with E-state index in [4.69, 9.17) is 14.0 Å². The predicted molar refractivity (Wildman–Crippen MR) is 69.8 cm³/mol. The lowest BCUT2D eigenvalue weighted by Crippen LogP contribution is -2.32. The molecular weight excluding hydrogens is 260 g/mol. The van der Waals surface area contributed by atoms with E-state index in [2.05, 4.69) is 10.1 Å². The third-order valence-corrected chi connectivity index (χ3v) is 3.89. The van der Waals surface area contributed by atoms with Crippen LogP contribution in [0, 0.1) is 5.92 Å². The molecule has 0 aromatic carbocycles. The number of carboxylic acids is 1. The van der Waals surface area contributed by atoms with Crippen molar-refractivity contribution in [2.24, 2.45) is 5.92 Å².